The third-order valence-electron chi connectivity index (χ3n) is 4.93. The normalized spacial score (nSPS) is 14.1. The van der Waals surface area contributed by atoms with Crippen LogP contribution in [0.2, 0.25) is 0 Å². The van der Waals surface area contributed by atoms with Crippen molar-refractivity contribution in [1.29, 1.82) is 0 Å². The molecule has 0 aliphatic carbocycles. The topological polar surface area (TPSA) is 87.9 Å². The Kier molecular flexibility index (Phi) is 6.87. The highest BCUT2D eigenvalue weighted by Crippen LogP contribution is 2.19. The van der Waals surface area contributed by atoms with Gasteiger partial charge >= 0.3 is 5.97 Å². The van der Waals surface area contributed by atoms with Gasteiger partial charge in [0, 0.05) is 13.1 Å². The number of amides is 1. The molecule has 8 heteroatoms. The molecule has 29 heavy (non-hydrogen) atoms. The average molecular weight is 400 g/mol. The molecule has 1 N–H and O–H groups in total. The summed E-state index contributed by atoms with van der Waals surface area (Å²) in [6.45, 7) is 4.36. The zero-order valence-electron chi connectivity index (χ0n) is 17.2. The van der Waals surface area contributed by atoms with Gasteiger partial charge in [0.2, 0.25) is 5.91 Å². The lowest BCUT2D eigenvalue weighted by atomic mass is 10.1. The Morgan fingerprint density at radius 3 is 2.69 bits per heavy atom. The summed E-state index contributed by atoms with van der Waals surface area (Å²) < 4.78 is 10.3. The van der Waals surface area contributed by atoms with E-state index in [1.807, 2.05) is 24.1 Å². The van der Waals surface area contributed by atoms with Crippen molar-refractivity contribution >= 4 is 23.4 Å². The minimum Gasteiger partial charge on any atom is -0.465 e. The van der Waals surface area contributed by atoms with Crippen LogP contribution in [-0.4, -0.2) is 55.6 Å². The maximum Gasteiger partial charge on any atom is 0.341 e. The van der Waals surface area contributed by atoms with Crippen LogP contribution in [0.3, 0.4) is 0 Å². The lowest BCUT2D eigenvalue weighted by Crippen LogP contribution is -2.30. The van der Waals surface area contributed by atoms with Gasteiger partial charge in [0.25, 0.3) is 0 Å². The predicted molar refractivity (Wildman–Crippen MR) is 110 cm³/mol. The molecular formula is C21H28N4O4. The summed E-state index contributed by atoms with van der Waals surface area (Å²) in [5, 5.41) is 2.87. The molecule has 2 aromatic rings. The smallest absolute Gasteiger partial charge is 0.341 e. The molecule has 0 atom stereocenters. The van der Waals surface area contributed by atoms with Gasteiger partial charge in [-0.3, -0.25) is 9.69 Å². The second kappa shape index (κ2) is 9.56. The van der Waals surface area contributed by atoms with E-state index in [1.54, 1.807) is 19.2 Å². The number of aryl methyl sites for hydroxylation is 1. The number of rotatable bonds is 7. The van der Waals surface area contributed by atoms with E-state index in [4.69, 9.17) is 9.15 Å². The molecule has 0 spiro atoms. The Morgan fingerprint density at radius 1 is 1.28 bits per heavy atom. The van der Waals surface area contributed by atoms with E-state index in [0.717, 1.165) is 18.9 Å². The second-order valence-electron chi connectivity index (χ2n) is 7.35. The van der Waals surface area contributed by atoms with E-state index >= 15 is 0 Å². The number of likely N-dealkylation sites (N-methyl/N-ethyl adjacent to an activating group) is 1. The van der Waals surface area contributed by atoms with Crippen LogP contribution in [0.5, 0.6) is 0 Å². The van der Waals surface area contributed by atoms with Crippen LogP contribution in [0, 0.1) is 6.92 Å². The summed E-state index contributed by atoms with van der Waals surface area (Å²) in [5.74, 6) is 1.49. The zero-order valence-corrected chi connectivity index (χ0v) is 17.2. The molecule has 1 fully saturated rings. The highest BCUT2D eigenvalue weighted by molar-refractivity contribution is 5.92. The van der Waals surface area contributed by atoms with E-state index in [0.29, 0.717) is 29.3 Å². The molecule has 1 saturated heterocycles. The molecule has 156 valence electrons. The summed E-state index contributed by atoms with van der Waals surface area (Å²) in [5.41, 5.74) is 1.08. The molecule has 0 saturated carbocycles. The van der Waals surface area contributed by atoms with E-state index in [2.05, 4.69) is 15.2 Å². The van der Waals surface area contributed by atoms with Crippen molar-refractivity contribution in [1.82, 2.24) is 9.88 Å². The first-order valence-corrected chi connectivity index (χ1v) is 9.83. The SMILES string of the molecule is COC(=O)c1cc(CN(C)CC(=O)Nc2ccc(N3CCCCC3)nc2)oc1C. The molecule has 0 unspecified atom stereocenters. The Hall–Kier alpha value is -2.87. The summed E-state index contributed by atoms with van der Waals surface area (Å²) in [6.07, 6.45) is 5.37. The fraction of sp³-hybridized carbons (Fsp3) is 0.476. The summed E-state index contributed by atoms with van der Waals surface area (Å²) in [6, 6.07) is 5.48. The summed E-state index contributed by atoms with van der Waals surface area (Å²) in [4.78, 5) is 32.6. The highest BCUT2D eigenvalue weighted by atomic mass is 16.5. The molecule has 3 heterocycles. The Bertz CT molecular complexity index is 841. The number of piperidine rings is 1. The van der Waals surface area contributed by atoms with Crippen molar-refractivity contribution in [3.05, 3.63) is 41.5 Å². The van der Waals surface area contributed by atoms with E-state index < -0.39 is 5.97 Å². The molecule has 0 bridgehead atoms. The Balaban J connectivity index is 1.50. The minimum atomic E-state index is -0.432. The molecule has 8 nitrogen and oxygen atoms in total. The predicted octanol–water partition coefficient (Wildman–Crippen LogP) is 2.83. The van der Waals surface area contributed by atoms with E-state index in [-0.39, 0.29) is 12.5 Å². The first kappa shape index (κ1) is 20.9. The Morgan fingerprint density at radius 2 is 2.03 bits per heavy atom. The molecule has 3 rings (SSSR count). The van der Waals surface area contributed by atoms with Crippen molar-refractivity contribution in [2.24, 2.45) is 0 Å². The van der Waals surface area contributed by atoms with Gasteiger partial charge in [0.15, 0.2) is 0 Å². The van der Waals surface area contributed by atoms with Gasteiger partial charge in [-0.15, -0.1) is 0 Å². The van der Waals surface area contributed by atoms with Gasteiger partial charge < -0.3 is 19.4 Å². The molecule has 0 radical (unpaired) electrons. The number of carbonyl (C=O) groups excluding carboxylic acids is 2. The van der Waals surface area contributed by atoms with Gasteiger partial charge in [0.1, 0.15) is 22.9 Å². The number of carbonyl (C=O) groups is 2. The van der Waals surface area contributed by atoms with Crippen molar-refractivity contribution in [3.8, 4) is 0 Å². The lowest BCUT2D eigenvalue weighted by Gasteiger charge is -2.27. The van der Waals surface area contributed by atoms with Crippen molar-refractivity contribution in [2.45, 2.75) is 32.7 Å². The van der Waals surface area contributed by atoms with Crippen LogP contribution in [0.25, 0.3) is 0 Å². The number of hydrogen-bond donors (Lipinski definition) is 1. The summed E-state index contributed by atoms with van der Waals surface area (Å²) in [7, 11) is 3.14. The van der Waals surface area contributed by atoms with E-state index in [9.17, 15) is 9.59 Å². The quantitative estimate of drug-likeness (QED) is 0.715. The fourth-order valence-corrected chi connectivity index (χ4v) is 3.47. The highest BCUT2D eigenvalue weighted by Gasteiger charge is 2.17. The number of nitrogens with one attached hydrogen (secondary N) is 1. The molecule has 1 amide bonds. The van der Waals surface area contributed by atoms with Crippen LogP contribution >= 0.6 is 0 Å². The number of nitrogens with zero attached hydrogens (tertiary/aromatic N) is 3. The minimum absolute atomic E-state index is 0.142. The van der Waals surface area contributed by atoms with Gasteiger partial charge in [0.05, 0.1) is 32.1 Å². The standard InChI is InChI=1S/C21H28N4O4/c1-15-18(21(27)28-3)11-17(29-15)13-24(2)14-20(26)23-16-7-8-19(22-12-16)25-9-5-4-6-10-25/h7-8,11-12H,4-6,9-10,13-14H2,1-3H3,(H,23,26). The van der Waals surface area contributed by atoms with Crippen LogP contribution in [0.15, 0.2) is 28.8 Å². The number of ether oxygens (including phenoxy) is 1. The number of aromatic nitrogens is 1. The summed E-state index contributed by atoms with van der Waals surface area (Å²) >= 11 is 0. The van der Waals surface area contributed by atoms with Gasteiger partial charge in [-0.1, -0.05) is 0 Å². The third-order valence-corrected chi connectivity index (χ3v) is 4.93. The number of anilines is 2. The number of methoxy groups -OCH3 is 1. The van der Waals surface area contributed by atoms with Crippen LogP contribution < -0.4 is 10.2 Å². The zero-order chi connectivity index (χ0) is 20.8. The van der Waals surface area contributed by atoms with Gasteiger partial charge in [-0.05, 0) is 51.4 Å². The first-order valence-electron chi connectivity index (χ1n) is 9.83. The van der Waals surface area contributed by atoms with Crippen molar-refractivity contribution in [3.63, 3.8) is 0 Å². The number of pyridine rings is 1. The molecule has 0 aromatic carbocycles. The largest absolute Gasteiger partial charge is 0.465 e. The number of esters is 1. The van der Waals surface area contributed by atoms with Crippen molar-refractivity contribution < 1.29 is 18.7 Å². The third kappa shape index (κ3) is 5.57. The van der Waals surface area contributed by atoms with Gasteiger partial charge in [-0.2, -0.15) is 0 Å². The average Bonchev–Trinajstić information content (AvgIpc) is 3.08. The number of furan rings is 1. The lowest BCUT2D eigenvalue weighted by molar-refractivity contribution is -0.117. The Labute approximate surface area is 170 Å². The van der Waals surface area contributed by atoms with Crippen molar-refractivity contribution in [2.75, 3.05) is 44.0 Å². The van der Waals surface area contributed by atoms with Crippen LogP contribution in [0.1, 0.15) is 41.1 Å². The monoisotopic (exact) mass is 400 g/mol. The fourth-order valence-electron chi connectivity index (χ4n) is 3.47. The van der Waals surface area contributed by atoms with Crippen LogP contribution in [0.4, 0.5) is 11.5 Å². The van der Waals surface area contributed by atoms with E-state index in [1.165, 1.54) is 26.4 Å². The first-order chi connectivity index (χ1) is 14.0. The second-order valence-corrected chi connectivity index (χ2v) is 7.35. The maximum absolute atomic E-state index is 12.3. The van der Waals surface area contributed by atoms with Gasteiger partial charge in [-0.25, -0.2) is 9.78 Å². The number of hydrogen-bond acceptors (Lipinski definition) is 7. The molecule has 1 aliphatic heterocycles. The molecular weight excluding hydrogens is 372 g/mol. The molecule has 2 aromatic heterocycles. The van der Waals surface area contributed by atoms with Crippen LogP contribution in [-0.2, 0) is 16.1 Å². The molecule has 1 aliphatic rings. The maximum atomic E-state index is 12.3.